The van der Waals surface area contributed by atoms with Gasteiger partial charge in [-0.15, -0.1) is 0 Å². The molecule has 2 N–H and O–H groups in total. The van der Waals surface area contributed by atoms with Crippen LogP contribution in [0.5, 0.6) is 0 Å². The van der Waals surface area contributed by atoms with Crippen molar-refractivity contribution >= 4 is 0 Å². The van der Waals surface area contributed by atoms with Crippen molar-refractivity contribution < 1.29 is 5.11 Å². The largest absolute Gasteiger partial charge is 0.384 e. The molecule has 0 spiro atoms. The minimum Gasteiger partial charge on any atom is -0.384 e. The molecule has 0 aliphatic carbocycles. The van der Waals surface area contributed by atoms with E-state index in [4.69, 9.17) is 0 Å². The van der Waals surface area contributed by atoms with Crippen molar-refractivity contribution in [1.82, 2.24) is 5.32 Å². The number of nitrogens with one attached hydrogen (secondary N) is 1. The molecule has 0 aromatic heterocycles. The maximum absolute atomic E-state index is 10.8. The zero-order chi connectivity index (χ0) is 12.9. The summed E-state index contributed by atoms with van der Waals surface area (Å²) >= 11 is 0. The van der Waals surface area contributed by atoms with Gasteiger partial charge in [0, 0.05) is 12.1 Å². The van der Waals surface area contributed by atoms with E-state index in [-0.39, 0.29) is 5.54 Å². The fourth-order valence-corrected chi connectivity index (χ4v) is 1.91. The SMILES string of the molecule is CCCC(O)(CNC(C)(C)C)c1ccccc1. The fraction of sp³-hybridized carbons (Fsp3) is 0.600. The van der Waals surface area contributed by atoms with Gasteiger partial charge in [-0.25, -0.2) is 0 Å². The minimum absolute atomic E-state index is 0.0243. The summed E-state index contributed by atoms with van der Waals surface area (Å²) in [6, 6.07) is 9.94. The highest BCUT2D eigenvalue weighted by atomic mass is 16.3. The summed E-state index contributed by atoms with van der Waals surface area (Å²) in [7, 11) is 0. The first-order chi connectivity index (χ1) is 7.87. The Kier molecular flexibility index (Phi) is 4.72. The predicted molar refractivity (Wildman–Crippen MR) is 73.0 cm³/mol. The van der Waals surface area contributed by atoms with E-state index in [1.165, 1.54) is 0 Å². The van der Waals surface area contributed by atoms with Gasteiger partial charge >= 0.3 is 0 Å². The molecule has 1 rings (SSSR count). The zero-order valence-electron chi connectivity index (χ0n) is 11.5. The van der Waals surface area contributed by atoms with E-state index in [1.54, 1.807) is 0 Å². The van der Waals surface area contributed by atoms with Crippen LogP contribution >= 0.6 is 0 Å². The molecule has 0 radical (unpaired) electrons. The lowest BCUT2D eigenvalue weighted by Crippen LogP contribution is -2.46. The molecule has 0 heterocycles. The van der Waals surface area contributed by atoms with Crippen LogP contribution in [-0.4, -0.2) is 17.2 Å². The van der Waals surface area contributed by atoms with E-state index in [9.17, 15) is 5.11 Å². The van der Waals surface area contributed by atoms with Gasteiger partial charge in [0.2, 0.25) is 0 Å². The highest BCUT2D eigenvalue weighted by Gasteiger charge is 2.29. The Hall–Kier alpha value is -0.860. The molecular weight excluding hydrogens is 210 g/mol. The van der Waals surface area contributed by atoms with E-state index < -0.39 is 5.60 Å². The quantitative estimate of drug-likeness (QED) is 0.822. The van der Waals surface area contributed by atoms with Crippen LogP contribution in [0.4, 0.5) is 0 Å². The first-order valence-corrected chi connectivity index (χ1v) is 6.40. The average molecular weight is 235 g/mol. The van der Waals surface area contributed by atoms with E-state index in [1.807, 2.05) is 30.3 Å². The van der Waals surface area contributed by atoms with Gasteiger partial charge in [-0.2, -0.15) is 0 Å². The molecule has 0 aliphatic rings. The number of benzene rings is 1. The second-order valence-corrected chi connectivity index (χ2v) is 5.75. The lowest BCUT2D eigenvalue weighted by atomic mass is 9.88. The summed E-state index contributed by atoms with van der Waals surface area (Å²) in [5.74, 6) is 0. The third-order valence-electron chi connectivity index (χ3n) is 2.89. The number of aliphatic hydroxyl groups is 1. The fourth-order valence-electron chi connectivity index (χ4n) is 1.91. The molecule has 0 fully saturated rings. The number of β-amino-alcohol motifs (C(OH)–C–C–N with tert-alkyl or cyclic N) is 1. The Morgan fingerprint density at radius 2 is 1.71 bits per heavy atom. The topological polar surface area (TPSA) is 32.3 Å². The highest BCUT2D eigenvalue weighted by Crippen LogP contribution is 2.26. The summed E-state index contributed by atoms with van der Waals surface area (Å²) < 4.78 is 0. The van der Waals surface area contributed by atoms with Gasteiger partial charge < -0.3 is 10.4 Å². The summed E-state index contributed by atoms with van der Waals surface area (Å²) in [6.45, 7) is 9.04. The van der Waals surface area contributed by atoms with E-state index in [0.29, 0.717) is 6.54 Å². The van der Waals surface area contributed by atoms with Crippen LogP contribution in [0.2, 0.25) is 0 Å². The molecule has 2 nitrogen and oxygen atoms in total. The van der Waals surface area contributed by atoms with Crippen LogP contribution < -0.4 is 5.32 Å². The van der Waals surface area contributed by atoms with E-state index in [2.05, 4.69) is 33.0 Å². The van der Waals surface area contributed by atoms with Crippen molar-refractivity contribution in [3.8, 4) is 0 Å². The Bertz CT molecular complexity index is 329. The minimum atomic E-state index is -0.761. The van der Waals surface area contributed by atoms with Crippen molar-refractivity contribution in [1.29, 1.82) is 0 Å². The summed E-state index contributed by atoms with van der Waals surface area (Å²) in [5.41, 5.74) is 0.262. The van der Waals surface area contributed by atoms with Gasteiger partial charge in [-0.3, -0.25) is 0 Å². The second kappa shape index (κ2) is 5.65. The van der Waals surface area contributed by atoms with Crippen LogP contribution in [0.1, 0.15) is 46.1 Å². The van der Waals surface area contributed by atoms with Gasteiger partial charge in [0.25, 0.3) is 0 Å². The third kappa shape index (κ3) is 4.49. The van der Waals surface area contributed by atoms with Crippen LogP contribution in [-0.2, 0) is 5.60 Å². The van der Waals surface area contributed by atoms with Crippen molar-refractivity contribution in [2.75, 3.05) is 6.54 Å². The highest BCUT2D eigenvalue weighted by molar-refractivity contribution is 5.22. The second-order valence-electron chi connectivity index (χ2n) is 5.75. The molecule has 2 heteroatoms. The molecule has 1 aromatic rings. The lowest BCUT2D eigenvalue weighted by Gasteiger charge is -2.32. The van der Waals surface area contributed by atoms with Gasteiger partial charge in [-0.05, 0) is 32.8 Å². The molecule has 0 amide bonds. The number of hydrogen-bond acceptors (Lipinski definition) is 2. The number of hydrogen-bond donors (Lipinski definition) is 2. The predicted octanol–water partition coefficient (Wildman–Crippen LogP) is 3.06. The van der Waals surface area contributed by atoms with Crippen molar-refractivity contribution in [2.24, 2.45) is 0 Å². The van der Waals surface area contributed by atoms with Crippen molar-refractivity contribution in [2.45, 2.75) is 51.7 Å². The average Bonchev–Trinajstić information content (AvgIpc) is 2.27. The van der Waals surface area contributed by atoms with E-state index in [0.717, 1.165) is 18.4 Å². The Morgan fingerprint density at radius 3 is 2.18 bits per heavy atom. The van der Waals surface area contributed by atoms with Gasteiger partial charge in [0.1, 0.15) is 5.60 Å². The van der Waals surface area contributed by atoms with Gasteiger partial charge in [0.05, 0.1) is 0 Å². The summed E-state index contributed by atoms with van der Waals surface area (Å²) in [5, 5.41) is 14.2. The monoisotopic (exact) mass is 235 g/mol. The van der Waals surface area contributed by atoms with Crippen molar-refractivity contribution in [3.63, 3.8) is 0 Å². The molecule has 1 unspecified atom stereocenters. The Balaban J connectivity index is 2.82. The smallest absolute Gasteiger partial charge is 0.102 e. The zero-order valence-corrected chi connectivity index (χ0v) is 11.5. The molecule has 0 bridgehead atoms. The van der Waals surface area contributed by atoms with Crippen LogP contribution in [0.25, 0.3) is 0 Å². The molecule has 17 heavy (non-hydrogen) atoms. The summed E-state index contributed by atoms with van der Waals surface area (Å²) in [4.78, 5) is 0. The van der Waals surface area contributed by atoms with Gasteiger partial charge in [0.15, 0.2) is 0 Å². The van der Waals surface area contributed by atoms with Gasteiger partial charge in [-0.1, -0.05) is 43.7 Å². The molecule has 0 saturated carbocycles. The first-order valence-electron chi connectivity index (χ1n) is 6.40. The molecule has 1 atom stereocenters. The van der Waals surface area contributed by atoms with Crippen LogP contribution in [0, 0.1) is 0 Å². The first kappa shape index (κ1) is 14.2. The Morgan fingerprint density at radius 1 is 1.12 bits per heavy atom. The molecule has 96 valence electrons. The van der Waals surface area contributed by atoms with Crippen LogP contribution in [0.3, 0.4) is 0 Å². The lowest BCUT2D eigenvalue weighted by molar-refractivity contribution is 0.0211. The standard InChI is InChI=1S/C15H25NO/c1-5-11-15(17,12-16-14(2,3)4)13-9-7-6-8-10-13/h6-10,16-17H,5,11-12H2,1-4H3. The molecule has 0 saturated heterocycles. The maximum Gasteiger partial charge on any atom is 0.102 e. The van der Waals surface area contributed by atoms with Crippen LogP contribution in [0.15, 0.2) is 30.3 Å². The molecule has 0 aliphatic heterocycles. The number of rotatable bonds is 5. The van der Waals surface area contributed by atoms with Crippen molar-refractivity contribution in [3.05, 3.63) is 35.9 Å². The summed E-state index contributed by atoms with van der Waals surface area (Å²) in [6.07, 6.45) is 1.75. The molecule has 1 aromatic carbocycles. The Labute approximate surface area is 105 Å². The maximum atomic E-state index is 10.8. The molecular formula is C15H25NO. The van der Waals surface area contributed by atoms with E-state index >= 15 is 0 Å². The normalized spacial score (nSPS) is 15.6. The third-order valence-corrected chi connectivity index (χ3v) is 2.89.